The summed E-state index contributed by atoms with van der Waals surface area (Å²) in [7, 11) is 0. The number of hydrogen-bond donors (Lipinski definition) is 2. The third-order valence-corrected chi connectivity index (χ3v) is 2.77. The Balaban J connectivity index is 2.84. The number of aliphatic hydroxyl groups is 1. The minimum atomic E-state index is -0.484. The highest BCUT2D eigenvalue weighted by molar-refractivity contribution is 6.34. The number of halogens is 2. The van der Waals surface area contributed by atoms with E-state index in [9.17, 15) is 9.59 Å². The number of aliphatic hydroxyl groups excluding tert-OH is 1. The van der Waals surface area contributed by atoms with Crippen molar-refractivity contribution < 1.29 is 9.90 Å². The van der Waals surface area contributed by atoms with Gasteiger partial charge in [0.2, 0.25) is 5.91 Å². The molecule has 1 heterocycles. The molecular weight excluding hydrogens is 281 g/mol. The van der Waals surface area contributed by atoms with E-state index in [1.807, 2.05) is 0 Å². The van der Waals surface area contributed by atoms with Crippen molar-refractivity contribution in [3.63, 3.8) is 0 Å². The number of unbranched alkanes of at least 4 members (excludes halogenated alkanes) is 1. The fourth-order valence-electron chi connectivity index (χ4n) is 1.27. The van der Waals surface area contributed by atoms with Gasteiger partial charge in [-0.1, -0.05) is 11.6 Å². The molecule has 1 aromatic heterocycles. The molecule has 0 radical (unpaired) electrons. The van der Waals surface area contributed by atoms with Gasteiger partial charge in [-0.25, -0.2) is 4.68 Å². The number of nitrogens with one attached hydrogen (secondary N) is 1. The van der Waals surface area contributed by atoms with Crippen molar-refractivity contribution in [1.29, 1.82) is 0 Å². The zero-order chi connectivity index (χ0) is 13.5. The topological polar surface area (TPSA) is 84.2 Å². The molecule has 100 valence electrons. The number of aromatic nitrogens is 2. The molecule has 6 nitrogen and oxygen atoms in total. The highest BCUT2D eigenvalue weighted by atomic mass is 35.5. The first-order valence-electron chi connectivity index (χ1n) is 5.32. The maximum atomic E-state index is 11.8. The maximum Gasteiger partial charge on any atom is 0.287 e. The summed E-state index contributed by atoms with van der Waals surface area (Å²) in [5.41, 5.74) is -0.340. The maximum absolute atomic E-state index is 11.8. The second kappa shape index (κ2) is 7.35. The van der Waals surface area contributed by atoms with Gasteiger partial charge in [0, 0.05) is 13.2 Å². The lowest BCUT2D eigenvalue weighted by Crippen LogP contribution is -2.25. The molecule has 1 amide bonds. The Hall–Kier alpha value is -1.11. The molecule has 0 fully saturated rings. The number of hydrogen-bond acceptors (Lipinski definition) is 4. The van der Waals surface area contributed by atoms with Crippen molar-refractivity contribution in [3.8, 4) is 0 Å². The van der Waals surface area contributed by atoms with Gasteiger partial charge < -0.3 is 10.4 Å². The van der Waals surface area contributed by atoms with Gasteiger partial charge in [-0.2, -0.15) is 5.10 Å². The standard InChI is InChI=1S/C10H13Cl2N3O3/c11-5-8(17)14-7-6-13-15(3-1-2-4-16)10(18)9(7)12/h6,16H,1-5H2,(H,14,17). The summed E-state index contributed by atoms with van der Waals surface area (Å²) >= 11 is 11.2. The van der Waals surface area contributed by atoms with E-state index < -0.39 is 11.5 Å². The van der Waals surface area contributed by atoms with Gasteiger partial charge >= 0.3 is 0 Å². The number of aryl methyl sites for hydroxylation is 1. The quantitative estimate of drug-likeness (QED) is 0.601. The van der Waals surface area contributed by atoms with Crippen LogP contribution in [0.1, 0.15) is 12.8 Å². The normalized spacial score (nSPS) is 10.4. The minimum absolute atomic E-state index is 0.0619. The molecule has 0 aliphatic carbocycles. The summed E-state index contributed by atoms with van der Waals surface area (Å²) in [5, 5.41) is 14.8. The van der Waals surface area contributed by atoms with Gasteiger partial charge in [0.15, 0.2) is 0 Å². The predicted molar refractivity (Wildman–Crippen MR) is 69.2 cm³/mol. The van der Waals surface area contributed by atoms with Gasteiger partial charge in [-0.15, -0.1) is 11.6 Å². The number of alkyl halides is 1. The number of nitrogens with zero attached hydrogens (tertiary/aromatic N) is 2. The first-order valence-corrected chi connectivity index (χ1v) is 6.23. The van der Waals surface area contributed by atoms with E-state index >= 15 is 0 Å². The molecule has 0 spiro atoms. The summed E-state index contributed by atoms with van der Waals surface area (Å²) in [4.78, 5) is 22.8. The molecule has 2 N–H and O–H groups in total. The van der Waals surface area contributed by atoms with Crippen molar-refractivity contribution in [3.05, 3.63) is 21.6 Å². The van der Waals surface area contributed by atoms with Crippen LogP contribution in [0.5, 0.6) is 0 Å². The van der Waals surface area contributed by atoms with Gasteiger partial charge in [-0.3, -0.25) is 9.59 Å². The molecule has 0 aliphatic heterocycles. The summed E-state index contributed by atoms with van der Waals surface area (Å²) in [6.45, 7) is 0.426. The zero-order valence-electron chi connectivity index (χ0n) is 9.53. The lowest BCUT2D eigenvalue weighted by atomic mass is 10.3. The van der Waals surface area contributed by atoms with E-state index in [1.54, 1.807) is 0 Å². The summed E-state index contributed by atoms with van der Waals surface area (Å²) in [6, 6.07) is 0. The number of anilines is 1. The van der Waals surface area contributed by atoms with Crippen molar-refractivity contribution >= 4 is 34.8 Å². The van der Waals surface area contributed by atoms with Crippen molar-refractivity contribution in [2.75, 3.05) is 17.8 Å². The third-order valence-electron chi connectivity index (χ3n) is 2.16. The van der Waals surface area contributed by atoms with Crippen LogP contribution in [-0.4, -0.2) is 33.3 Å². The van der Waals surface area contributed by atoms with Gasteiger partial charge in [-0.05, 0) is 12.8 Å². The largest absolute Gasteiger partial charge is 0.396 e. The van der Waals surface area contributed by atoms with E-state index in [4.69, 9.17) is 28.3 Å². The Morgan fingerprint density at radius 2 is 2.22 bits per heavy atom. The monoisotopic (exact) mass is 293 g/mol. The molecular formula is C10H13Cl2N3O3. The van der Waals surface area contributed by atoms with Gasteiger partial charge in [0.05, 0.1) is 11.9 Å². The molecule has 18 heavy (non-hydrogen) atoms. The van der Waals surface area contributed by atoms with E-state index in [-0.39, 0.29) is 23.2 Å². The fraction of sp³-hybridized carbons (Fsp3) is 0.500. The second-order valence-electron chi connectivity index (χ2n) is 3.51. The number of amides is 1. The number of rotatable bonds is 6. The Kier molecular flexibility index (Phi) is 6.11. The lowest BCUT2D eigenvalue weighted by Gasteiger charge is -2.08. The van der Waals surface area contributed by atoms with Crippen LogP contribution < -0.4 is 10.9 Å². The molecule has 0 aromatic carbocycles. The Morgan fingerprint density at radius 3 is 2.83 bits per heavy atom. The average Bonchev–Trinajstić information content (AvgIpc) is 2.37. The smallest absolute Gasteiger partial charge is 0.287 e. The number of carbonyl (C=O) groups excluding carboxylic acids is 1. The molecule has 0 bridgehead atoms. The first kappa shape index (κ1) is 14.9. The molecule has 0 atom stereocenters. The Morgan fingerprint density at radius 1 is 1.50 bits per heavy atom. The van der Waals surface area contributed by atoms with Crippen LogP contribution >= 0.6 is 23.2 Å². The Bertz CT molecular complexity index is 476. The highest BCUT2D eigenvalue weighted by Crippen LogP contribution is 2.15. The molecule has 0 saturated heterocycles. The average molecular weight is 294 g/mol. The van der Waals surface area contributed by atoms with E-state index in [0.717, 1.165) is 0 Å². The third kappa shape index (κ3) is 3.97. The van der Waals surface area contributed by atoms with Crippen LogP contribution in [0.25, 0.3) is 0 Å². The number of carbonyl (C=O) groups is 1. The highest BCUT2D eigenvalue weighted by Gasteiger charge is 2.11. The van der Waals surface area contributed by atoms with E-state index in [2.05, 4.69) is 10.4 Å². The van der Waals surface area contributed by atoms with Gasteiger partial charge in [0.1, 0.15) is 10.9 Å². The second-order valence-corrected chi connectivity index (χ2v) is 4.16. The van der Waals surface area contributed by atoms with Crippen molar-refractivity contribution in [2.24, 2.45) is 0 Å². The molecule has 0 saturated carbocycles. The predicted octanol–water partition coefficient (Wildman–Crippen LogP) is 0.846. The van der Waals surface area contributed by atoms with Crippen LogP contribution in [-0.2, 0) is 11.3 Å². The van der Waals surface area contributed by atoms with Crippen LogP contribution in [0.2, 0.25) is 5.02 Å². The summed E-state index contributed by atoms with van der Waals surface area (Å²) in [5.74, 6) is -0.687. The van der Waals surface area contributed by atoms with Crippen molar-refractivity contribution in [2.45, 2.75) is 19.4 Å². The van der Waals surface area contributed by atoms with Crippen LogP contribution in [0.4, 0.5) is 5.69 Å². The van der Waals surface area contributed by atoms with E-state index in [0.29, 0.717) is 19.4 Å². The molecule has 0 aliphatic rings. The Labute approximate surface area is 114 Å². The minimum Gasteiger partial charge on any atom is -0.396 e. The SMILES string of the molecule is O=C(CCl)Nc1cnn(CCCCO)c(=O)c1Cl. The van der Waals surface area contributed by atoms with E-state index in [1.165, 1.54) is 10.9 Å². The van der Waals surface area contributed by atoms with Crippen LogP contribution in [0.15, 0.2) is 11.0 Å². The molecule has 1 rings (SSSR count). The first-order chi connectivity index (χ1) is 8.60. The summed E-state index contributed by atoms with van der Waals surface area (Å²) in [6.07, 6.45) is 2.50. The van der Waals surface area contributed by atoms with Crippen LogP contribution in [0, 0.1) is 0 Å². The fourth-order valence-corrected chi connectivity index (χ4v) is 1.53. The van der Waals surface area contributed by atoms with Gasteiger partial charge in [0.25, 0.3) is 5.56 Å². The lowest BCUT2D eigenvalue weighted by molar-refractivity contribution is -0.113. The molecule has 1 aromatic rings. The van der Waals surface area contributed by atoms with Crippen LogP contribution in [0.3, 0.4) is 0 Å². The zero-order valence-corrected chi connectivity index (χ0v) is 11.0. The summed E-state index contributed by atoms with van der Waals surface area (Å²) < 4.78 is 1.19. The van der Waals surface area contributed by atoms with Crippen molar-refractivity contribution in [1.82, 2.24) is 9.78 Å². The molecule has 8 heteroatoms. The molecule has 0 unspecified atom stereocenters.